The van der Waals surface area contributed by atoms with Crippen LogP contribution < -0.4 is 0 Å². The van der Waals surface area contributed by atoms with Gasteiger partial charge in [-0.05, 0) is 41.5 Å². The van der Waals surface area contributed by atoms with Crippen LogP contribution in [-0.2, 0) is 17.8 Å². The minimum absolute atomic E-state index is 0.191. The Morgan fingerprint density at radius 3 is 2.78 bits per heavy atom. The van der Waals surface area contributed by atoms with Crippen LogP contribution in [-0.4, -0.2) is 22.5 Å². The lowest BCUT2D eigenvalue weighted by Gasteiger charge is -2.29. The van der Waals surface area contributed by atoms with Crippen molar-refractivity contribution >= 4 is 5.91 Å². The first kappa shape index (κ1) is 11.6. The van der Waals surface area contributed by atoms with E-state index in [0.717, 1.165) is 24.9 Å². The fourth-order valence-corrected chi connectivity index (χ4v) is 2.84. The number of aromatic hydroxyl groups is 1. The number of hydrogen-bond donors (Lipinski definition) is 1. The Bertz CT molecular complexity index is 507. The van der Waals surface area contributed by atoms with Crippen molar-refractivity contribution in [1.82, 2.24) is 4.90 Å². The molecule has 0 radical (unpaired) electrons. The van der Waals surface area contributed by atoms with Gasteiger partial charge in [0.05, 0.1) is 0 Å². The maximum atomic E-state index is 12.3. The SMILES string of the molecule is CC1(C)CC1C(=O)N1CCc2ccc(O)cc2C1. The highest BCUT2D eigenvalue weighted by molar-refractivity contribution is 5.82. The van der Waals surface area contributed by atoms with E-state index >= 15 is 0 Å². The number of carbonyl (C=O) groups excluding carboxylic acids is 1. The van der Waals surface area contributed by atoms with Crippen LogP contribution in [0.15, 0.2) is 18.2 Å². The van der Waals surface area contributed by atoms with Gasteiger partial charge >= 0.3 is 0 Å². The summed E-state index contributed by atoms with van der Waals surface area (Å²) in [5.41, 5.74) is 2.54. The Morgan fingerprint density at radius 2 is 2.11 bits per heavy atom. The zero-order chi connectivity index (χ0) is 12.9. The fraction of sp³-hybridized carbons (Fsp3) is 0.533. The summed E-state index contributed by atoms with van der Waals surface area (Å²) in [4.78, 5) is 14.3. The summed E-state index contributed by atoms with van der Waals surface area (Å²) in [6.45, 7) is 5.76. The molecule has 1 N–H and O–H groups in total. The zero-order valence-electron chi connectivity index (χ0n) is 10.9. The van der Waals surface area contributed by atoms with Crippen molar-refractivity contribution in [2.45, 2.75) is 33.2 Å². The van der Waals surface area contributed by atoms with E-state index in [1.54, 1.807) is 12.1 Å². The van der Waals surface area contributed by atoms with Crippen LogP contribution in [0.3, 0.4) is 0 Å². The first-order valence-corrected chi connectivity index (χ1v) is 6.57. The van der Waals surface area contributed by atoms with Crippen LogP contribution in [0.25, 0.3) is 0 Å². The smallest absolute Gasteiger partial charge is 0.226 e. The molecule has 3 heteroatoms. The Morgan fingerprint density at radius 1 is 1.39 bits per heavy atom. The first-order valence-electron chi connectivity index (χ1n) is 6.57. The van der Waals surface area contributed by atoms with E-state index in [2.05, 4.69) is 13.8 Å². The number of rotatable bonds is 1. The van der Waals surface area contributed by atoms with Crippen LogP contribution in [0, 0.1) is 11.3 Å². The zero-order valence-corrected chi connectivity index (χ0v) is 10.9. The summed E-state index contributed by atoms with van der Waals surface area (Å²) in [5.74, 6) is 0.778. The molecule has 2 aliphatic rings. The summed E-state index contributed by atoms with van der Waals surface area (Å²) in [6.07, 6.45) is 1.91. The average molecular weight is 245 g/mol. The number of amides is 1. The molecule has 1 atom stereocenters. The maximum absolute atomic E-state index is 12.3. The molecule has 3 rings (SSSR count). The predicted octanol–water partition coefficient (Wildman–Crippen LogP) is 2.32. The monoisotopic (exact) mass is 245 g/mol. The van der Waals surface area contributed by atoms with E-state index in [0.29, 0.717) is 6.54 Å². The second-order valence-electron chi connectivity index (χ2n) is 6.21. The second-order valence-corrected chi connectivity index (χ2v) is 6.21. The Balaban J connectivity index is 1.77. The molecular formula is C15H19NO2. The van der Waals surface area contributed by atoms with Gasteiger partial charge in [0.25, 0.3) is 0 Å². The molecule has 1 unspecified atom stereocenters. The van der Waals surface area contributed by atoms with Gasteiger partial charge in [-0.2, -0.15) is 0 Å². The third-order valence-electron chi connectivity index (χ3n) is 4.33. The molecule has 1 aliphatic carbocycles. The minimum Gasteiger partial charge on any atom is -0.508 e. The van der Waals surface area contributed by atoms with Crippen LogP contribution in [0.1, 0.15) is 31.4 Å². The standard InChI is InChI=1S/C15H19NO2/c1-15(2)8-13(15)14(18)16-6-5-10-3-4-12(17)7-11(10)9-16/h3-4,7,13,17H,5-6,8-9H2,1-2H3. The van der Waals surface area contributed by atoms with E-state index in [1.165, 1.54) is 5.56 Å². The molecule has 3 nitrogen and oxygen atoms in total. The Labute approximate surface area is 107 Å². The molecule has 0 bridgehead atoms. The number of carbonyl (C=O) groups is 1. The van der Waals surface area contributed by atoms with Gasteiger partial charge in [0, 0.05) is 19.0 Å². The van der Waals surface area contributed by atoms with E-state index in [9.17, 15) is 9.90 Å². The van der Waals surface area contributed by atoms with Crippen LogP contribution >= 0.6 is 0 Å². The lowest BCUT2D eigenvalue weighted by Crippen LogP contribution is -2.37. The average Bonchev–Trinajstić information content (AvgIpc) is 2.96. The van der Waals surface area contributed by atoms with Crippen molar-refractivity contribution in [2.24, 2.45) is 11.3 Å². The molecule has 1 saturated carbocycles. The number of benzene rings is 1. The van der Waals surface area contributed by atoms with E-state index in [4.69, 9.17) is 0 Å². The molecule has 0 saturated heterocycles. The number of fused-ring (bicyclic) bond motifs is 1. The molecule has 1 heterocycles. The lowest BCUT2D eigenvalue weighted by atomic mass is 9.98. The largest absolute Gasteiger partial charge is 0.508 e. The molecule has 18 heavy (non-hydrogen) atoms. The van der Waals surface area contributed by atoms with Crippen molar-refractivity contribution in [2.75, 3.05) is 6.54 Å². The van der Waals surface area contributed by atoms with E-state index < -0.39 is 0 Å². The van der Waals surface area contributed by atoms with Crippen molar-refractivity contribution in [3.05, 3.63) is 29.3 Å². The van der Waals surface area contributed by atoms with Gasteiger partial charge < -0.3 is 10.0 Å². The van der Waals surface area contributed by atoms with Crippen molar-refractivity contribution in [1.29, 1.82) is 0 Å². The summed E-state index contributed by atoms with van der Waals surface area (Å²) in [7, 11) is 0. The van der Waals surface area contributed by atoms with Gasteiger partial charge in [-0.15, -0.1) is 0 Å². The molecule has 0 aromatic heterocycles. The van der Waals surface area contributed by atoms with Gasteiger partial charge in [-0.25, -0.2) is 0 Å². The summed E-state index contributed by atoms with van der Waals surface area (Å²) < 4.78 is 0. The summed E-state index contributed by atoms with van der Waals surface area (Å²) in [5, 5.41) is 9.51. The van der Waals surface area contributed by atoms with Crippen molar-refractivity contribution < 1.29 is 9.90 Å². The normalized spacial score (nSPS) is 24.6. The number of hydrogen-bond acceptors (Lipinski definition) is 2. The number of phenolic OH excluding ortho intramolecular Hbond substituents is 1. The number of nitrogens with zero attached hydrogens (tertiary/aromatic N) is 1. The number of phenols is 1. The van der Waals surface area contributed by atoms with Crippen molar-refractivity contribution in [3.63, 3.8) is 0 Å². The topological polar surface area (TPSA) is 40.5 Å². The molecular weight excluding hydrogens is 226 g/mol. The lowest BCUT2D eigenvalue weighted by molar-refractivity contribution is -0.134. The second kappa shape index (κ2) is 3.74. The fourth-order valence-electron chi connectivity index (χ4n) is 2.84. The van der Waals surface area contributed by atoms with Crippen LogP contribution in [0.5, 0.6) is 5.75 Å². The van der Waals surface area contributed by atoms with Crippen LogP contribution in [0.4, 0.5) is 0 Å². The molecule has 1 fully saturated rings. The predicted molar refractivity (Wildman–Crippen MR) is 69.1 cm³/mol. The minimum atomic E-state index is 0.191. The highest BCUT2D eigenvalue weighted by atomic mass is 16.3. The Kier molecular flexibility index (Phi) is 2.40. The van der Waals surface area contributed by atoms with Gasteiger partial charge in [-0.3, -0.25) is 4.79 Å². The summed E-state index contributed by atoms with van der Waals surface area (Å²) >= 11 is 0. The molecule has 1 amide bonds. The summed E-state index contributed by atoms with van der Waals surface area (Å²) in [6, 6.07) is 5.47. The highest BCUT2D eigenvalue weighted by Crippen LogP contribution is 2.52. The molecule has 1 aromatic carbocycles. The van der Waals surface area contributed by atoms with Crippen LogP contribution in [0.2, 0.25) is 0 Å². The molecule has 0 spiro atoms. The first-order chi connectivity index (χ1) is 8.47. The third-order valence-corrected chi connectivity index (χ3v) is 4.33. The van der Waals surface area contributed by atoms with Gasteiger partial charge in [-0.1, -0.05) is 19.9 Å². The Hall–Kier alpha value is -1.51. The van der Waals surface area contributed by atoms with Gasteiger partial charge in [0.2, 0.25) is 5.91 Å². The quantitative estimate of drug-likeness (QED) is 0.825. The van der Waals surface area contributed by atoms with Gasteiger partial charge in [0.15, 0.2) is 0 Å². The van der Waals surface area contributed by atoms with E-state index in [1.807, 2.05) is 11.0 Å². The van der Waals surface area contributed by atoms with Gasteiger partial charge in [0.1, 0.15) is 5.75 Å². The highest BCUT2D eigenvalue weighted by Gasteiger charge is 2.52. The molecule has 1 aromatic rings. The molecule has 1 aliphatic heterocycles. The van der Waals surface area contributed by atoms with Crippen molar-refractivity contribution in [3.8, 4) is 5.75 Å². The third kappa shape index (κ3) is 1.88. The van der Waals surface area contributed by atoms with E-state index in [-0.39, 0.29) is 23.0 Å². The molecule has 96 valence electrons. The maximum Gasteiger partial charge on any atom is 0.226 e.